The van der Waals surface area contributed by atoms with Crippen molar-refractivity contribution >= 4 is 0 Å². The fourth-order valence-corrected chi connectivity index (χ4v) is 1.01. The van der Waals surface area contributed by atoms with Crippen molar-refractivity contribution in [1.82, 2.24) is 0 Å². The molecule has 1 radical (unpaired) electrons. The minimum Gasteiger partial charge on any atom is -0.252 e. The van der Waals surface area contributed by atoms with Crippen LogP contribution in [-0.2, 0) is 4.89 Å². The van der Waals surface area contributed by atoms with Crippen molar-refractivity contribution in [2.24, 2.45) is 0 Å². The van der Waals surface area contributed by atoms with Crippen molar-refractivity contribution < 1.29 is 10.1 Å². The van der Waals surface area contributed by atoms with Crippen LogP contribution in [0.15, 0.2) is 0 Å². The highest BCUT2D eigenvalue weighted by Gasteiger charge is 2.12. The Morgan fingerprint density at radius 3 is 2.75 bits per heavy atom. The minimum absolute atomic E-state index is 0.0174. The van der Waals surface area contributed by atoms with Crippen molar-refractivity contribution in [3.8, 4) is 0 Å². The van der Waals surface area contributed by atoms with Gasteiger partial charge in [-0.3, -0.25) is 5.26 Å². The molecular formula is C6H11O2. The van der Waals surface area contributed by atoms with E-state index in [9.17, 15) is 0 Å². The third-order valence-electron chi connectivity index (χ3n) is 1.51. The molecule has 1 atom stereocenters. The van der Waals surface area contributed by atoms with E-state index in [0.717, 1.165) is 12.8 Å². The summed E-state index contributed by atoms with van der Waals surface area (Å²) >= 11 is 0. The van der Waals surface area contributed by atoms with E-state index in [1.807, 2.05) is 6.42 Å². The molecule has 1 fully saturated rings. The Morgan fingerprint density at radius 2 is 2.38 bits per heavy atom. The largest absolute Gasteiger partial charge is 0.252 e. The number of hydrogen-bond donors (Lipinski definition) is 1. The fourth-order valence-electron chi connectivity index (χ4n) is 1.01. The molecule has 0 saturated heterocycles. The topological polar surface area (TPSA) is 29.5 Å². The van der Waals surface area contributed by atoms with Crippen LogP contribution in [0.5, 0.6) is 0 Å². The predicted octanol–water partition coefficient (Wildman–Crippen LogP) is 1.62. The Labute approximate surface area is 49.4 Å². The van der Waals surface area contributed by atoms with Crippen molar-refractivity contribution in [1.29, 1.82) is 0 Å². The Bertz CT molecular complexity index is 57.5. The van der Waals surface area contributed by atoms with Crippen molar-refractivity contribution in [2.75, 3.05) is 0 Å². The Hall–Kier alpha value is -0.0800. The highest BCUT2D eigenvalue weighted by atomic mass is 17.1. The van der Waals surface area contributed by atoms with Crippen molar-refractivity contribution in [2.45, 2.75) is 31.8 Å². The molecule has 0 aromatic rings. The maximum atomic E-state index is 8.16. The molecular weight excluding hydrogens is 104 g/mol. The first-order valence-electron chi connectivity index (χ1n) is 3.07. The fraction of sp³-hybridized carbons (Fsp3) is 0.833. The maximum Gasteiger partial charge on any atom is 0.0959 e. The highest BCUT2D eigenvalue weighted by molar-refractivity contribution is 4.80. The molecule has 1 aliphatic rings. The number of hydrogen-bond acceptors (Lipinski definition) is 2. The van der Waals surface area contributed by atoms with Gasteiger partial charge in [0, 0.05) is 0 Å². The molecule has 0 bridgehead atoms. The lowest BCUT2D eigenvalue weighted by Crippen LogP contribution is -2.14. The lowest BCUT2D eigenvalue weighted by molar-refractivity contribution is -0.273. The van der Waals surface area contributed by atoms with Crippen LogP contribution in [-0.4, -0.2) is 11.4 Å². The zero-order valence-electron chi connectivity index (χ0n) is 4.84. The molecule has 1 N–H and O–H groups in total. The van der Waals surface area contributed by atoms with Gasteiger partial charge in [-0.25, -0.2) is 4.89 Å². The molecule has 0 spiro atoms. The zero-order chi connectivity index (χ0) is 5.82. The van der Waals surface area contributed by atoms with E-state index in [1.54, 1.807) is 0 Å². The normalized spacial score (nSPS) is 23.6. The monoisotopic (exact) mass is 115 g/mol. The first-order chi connectivity index (χ1) is 3.93. The Balaban J connectivity index is 2.13. The first-order valence-corrected chi connectivity index (χ1v) is 3.07. The van der Waals surface area contributed by atoms with Crippen LogP contribution in [0.3, 0.4) is 0 Å². The molecule has 1 aliphatic carbocycles. The molecule has 1 saturated carbocycles. The van der Waals surface area contributed by atoms with Gasteiger partial charge in [-0.1, -0.05) is 12.8 Å². The third kappa shape index (κ3) is 1.46. The SMILES string of the molecule is OOC1[CH]CCCC1. The van der Waals surface area contributed by atoms with Gasteiger partial charge in [0.15, 0.2) is 0 Å². The summed E-state index contributed by atoms with van der Waals surface area (Å²) in [4.78, 5) is 4.14. The van der Waals surface area contributed by atoms with Gasteiger partial charge >= 0.3 is 0 Å². The molecule has 47 valence electrons. The quantitative estimate of drug-likeness (QED) is 0.415. The van der Waals surface area contributed by atoms with Gasteiger partial charge in [0.1, 0.15) is 0 Å². The van der Waals surface area contributed by atoms with E-state index in [0.29, 0.717) is 0 Å². The minimum atomic E-state index is 0.0174. The first kappa shape index (κ1) is 6.05. The van der Waals surface area contributed by atoms with Crippen molar-refractivity contribution in [3.63, 3.8) is 0 Å². The van der Waals surface area contributed by atoms with Crippen LogP contribution in [0.2, 0.25) is 0 Å². The van der Waals surface area contributed by atoms with E-state index >= 15 is 0 Å². The second kappa shape index (κ2) is 3.05. The second-order valence-corrected chi connectivity index (χ2v) is 2.16. The summed E-state index contributed by atoms with van der Waals surface area (Å²) in [6.45, 7) is 0. The third-order valence-corrected chi connectivity index (χ3v) is 1.51. The van der Waals surface area contributed by atoms with E-state index in [2.05, 4.69) is 4.89 Å². The van der Waals surface area contributed by atoms with Crippen molar-refractivity contribution in [3.05, 3.63) is 6.42 Å². The van der Waals surface area contributed by atoms with E-state index in [1.165, 1.54) is 12.8 Å². The summed E-state index contributed by atoms with van der Waals surface area (Å²) in [6, 6.07) is 0. The standard InChI is InChI=1S/C6H11O2/c7-8-6-4-2-1-3-5-6/h4,6-7H,1-3,5H2. The molecule has 2 nitrogen and oxygen atoms in total. The van der Waals surface area contributed by atoms with Gasteiger partial charge in [-0.2, -0.15) is 0 Å². The molecule has 1 unspecified atom stereocenters. The van der Waals surface area contributed by atoms with E-state index in [-0.39, 0.29) is 6.10 Å². The molecule has 1 rings (SSSR count). The molecule has 2 heteroatoms. The summed E-state index contributed by atoms with van der Waals surface area (Å²) in [5, 5.41) is 8.16. The lowest BCUT2D eigenvalue weighted by Gasteiger charge is -2.16. The molecule has 0 aliphatic heterocycles. The van der Waals surface area contributed by atoms with Crippen LogP contribution in [0, 0.1) is 6.42 Å². The molecule has 0 aromatic heterocycles. The molecule has 0 amide bonds. The maximum absolute atomic E-state index is 8.16. The van der Waals surface area contributed by atoms with Crippen LogP contribution >= 0.6 is 0 Å². The van der Waals surface area contributed by atoms with Gasteiger partial charge in [-0.05, 0) is 19.3 Å². The van der Waals surface area contributed by atoms with E-state index in [4.69, 9.17) is 5.26 Å². The van der Waals surface area contributed by atoms with Crippen LogP contribution in [0.1, 0.15) is 25.7 Å². The van der Waals surface area contributed by atoms with Gasteiger partial charge in [0.25, 0.3) is 0 Å². The van der Waals surface area contributed by atoms with Gasteiger partial charge < -0.3 is 0 Å². The Morgan fingerprint density at radius 1 is 1.50 bits per heavy atom. The average Bonchev–Trinajstić information content (AvgIpc) is 1.90. The smallest absolute Gasteiger partial charge is 0.0959 e. The summed E-state index contributed by atoms with van der Waals surface area (Å²) in [7, 11) is 0. The average molecular weight is 115 g/mol. The second-order valence-electron chi connectivity index (χ2n) is 2.16. The van der Waals surface area contributed by atoms with Crippen LogP contribution in [0.25, 0.3) is 0 Å². The summed E-state index contributed by atoms with van der Waals surface area (Å²) < 4.78 is 0. The van der Waals surface area contributed by atoms with Gasteiger partial charge in [-0.15, -0.1) is 0 Å². The van der Waals surface area contributed by atoms with Crippen LogP contribution < -0.4 is 0 Å². The van der Waals surface area contributed by atoms with Crippen LogP contribution in [0.4, 0.5) is 0 Å². The molecule has 0 heterocycles. The molecule has 0 aromatic carbocycles. The highest BCUT2D eigenvalue weighted by Crippen LogP contribution is 2.17. The van der Waals surface area contributed by atoms with Gasteiger partial charge in [0.05, 0.1) is 6.10 Å². The summed E-state index contributed by atoms with van der Waals surface area (Å²) in [5.74, 6) is 0. The summed E-state index contributed by atoms with van der Waals surface area (Å²) in [5.41, 5.74) is 0. The zero-order valence-corrected chi connectivity index (χ0v) is 4.84. The van der Waals surface area contributed by atoms with Gasteiger partial charge in [0.2, 0.25) is 0 Å². The van der Waals surface area contributed by atoms with E-state index < -0.39 is 0 Å². The predicted molar refractivity (Wildman–Crippen MR) is 30.3 cm³/mol. The Kier molecular flexibility index (Phi) is 2.30. The molecule has 8 heavy (non-hydrogen) atoms. The lowest BCUT2D eigenvalue weighted by atomic mass is 9.98. The number of rotatable bonds is 1. The summed E-state index contributed by atoms with van der Waals surface area (Å²) in [6.07, 6.45) is 6.54.